The topological polar surface area (TPSA) is 111 Å². The summed E-state index contributed by atoms with van der Waals surface area (Å²) in [5, 5.41) is 13.7. The Labute approximate surface area is 208 Å². The van der Waals surface area contributed by atoms with Crippen molar-refractivity contribution in [3.05, 3.63) is 48.0 Å². The number of benzene rings is 2. The number of hydrogen-bond donors (Lipinski definition) is 2. The van der Waals surface area contributed by atoms with Gasteiger partial charge in [-0.3, -0.25) is 9.59 Å². The Morgan fingerprint density at radius 1 is 1.20 bits per heavy atom. The average Bonchev–Trinajstić information content (AvgIpc) is 3.33. The zero-order valence-electron chi connectivity index (χ0n) is 19.7. The van der Waals surface area contributed by atoms with Crippen LogP contribution in [-0.2, 0) is 16.0 Å². The van der Waals surface area contributed by atoms with Crippen LogP contribution < -0.4 is 24.8 Å². The number of fused-ring (bicyclic) bond motifs is 1. The molecule has 2 aromatic carbocycles. The molecule has 2 amide bonds. The van der Waals surface area contributed by atoms with Gasteiger partial charge in [0.2, 0.25) is 18.6 Å². The van der Waals surface area contributed by atoms with E-state index in [0.29, 0.717) is 23.9 Å². The fourth-order valence-corrected chi connectivity index (χ4v) is 4.35. The van der Waals surface area contributed by atoms with Crippen LogP contribution >= 0.6 is 11.8 Å². The number of nitrogens with one attached hydrogen (secondary N) is 2. The van der Waals surface area contributed by atoms with E-state index in [-0.39, 0.29) is 25.0 Å². The molecule has 0 aromatic heterocycles. The summed E-state index contributed by atoms with van der Waals surface area (Å²) in [6, 6.07) is 13.0. The predicted octanol–water partition coefficient (Wildman–Crippen LogP) is 4.13. The van der Waals surface area contributed by atoms with Crippen molar-refractivity contribution in [2.45, 2.75) is 44.8 Å². The molecule has 1 saturated heterocycles. The summed E-state index contributed by atoms with van der Waals surface area (Å²) in [4.78, 5) is 24.9. The summed E-state index contributed by atoms with van der Waals surface area (Å²) in [7, 11) is 0. The Balaban J connectivity index is 1.30. The lowest BCUT2D eigenvalue weighted by molar-refractivity contribution is -0.123. The second-order valence-electron chi connectivity index (χ2n) is 8.15. The van der Waals surface area contributed by atoms with Gasteiger partial charge in [-0.2, -0.15) is 5.10 Å². The van der Waals surface area contributed by atoms with E-state index in [1.165, 1.54) is 11.8 Å². The number of rotatable bonds is 9. The molecule has 184 valence electrons. The third kappa shape index (κ3) is 6.98. The molecule has 1 atom stereocenters. The van der Waals surface area contributed by atoms with Gasteiger partial charge in [0.25, 0.3) is 0 Å². The molecule has 0 spiro atoms. The Hall–Kier alpha value is -3.53. The van der Waals surface area contributed by atoms with Crippen LogP contribution in [0.4, 0.5) is 5.69 Å². The molecule has 2 aliphatic heterocycles. The smallest absolute Gasteiger partial charge is 0.238 e. The van der Waals surface area contributed by atoms with Crippen molar-refractivity contribution >= 4 is 40.1 Å². The van der Waals surface area contributed by atoms with Gasteiger partial charge in [-0.15, -0.1) is 5.10 Å². The van der Waals surface area contributed by atoms with Gasteiger partial charge in [-0.25, -0.2) is 0 Å². The first-order valence-electron chi connectivity index (χ1n) is 11.5. The maximum atomic E-state index is 12.7. The second-order valence-corrected chi connectivity index (χ2v) is 9.34. The second kappa shape index (κ2) is 11.7. The van der Waals surface area contributed by atoms with Gasteiger partial charge in [0.1, 0.15) is 11.0 Å². The molecule has 0 saturated carbocycles. The molecular formula is C25H28N4O5S. The Bertz CT molecular complexity index is 1130. The molecular weight excluding hydrogens is 468 g/mol. The van der Waals surface area contributed by atoms with Crippen molar-refractivity contribution in [2.24, 2.45) is 10.2 Å². The quantitative estimate of drug-likeness (QED) is 0.399. The average molecular weight is 497 g/mol. The summed E-state index contributed by atoms with van der Waals surface area (Å²) >= 11 is 1.19. The number of carbonyl (C=O) groups excluding carboxylic acids is 2. The predicted molar refractivity (Wildman–Crippen MR) is 136 cm³/mol. The van der Waals surface area contributed by atoms with Crippen LogP contribution in [0.25, 0.3) is 0 Å². The van der Waals surface area contributed by atoms with Crippen molar-refractivity contribution in [1.29, 1.82) is 0 Å². The molecule has 2 aliphatic rings. The number of ether oxygens (including phenoxy) is 3. The number of carbonyl (C=O) groups is 2. The molecule has 1 unspecified atom stereocenters. The summed E-state index contributed by atoms with van der Waals surface area (Å²) in [6.07, 6.45) is 2.45. The van der Waals surface area contributed by atoms with Gasteiger partial charge in [-0.1, -0.05) is 24.8 Å². The van der Waals surface area contributed by atoms with Crippen LogP contribution in [0, 0.1) is 0 Å². The van der Waals surface area contributed by atoms with Gasteiger partial charge >= 0.3 is 0 Å². The number of aryl methyl sites for hydroxylation is 1. The van der Waals surface area contributed by atoms with Gasteiger partial charge in [0.05, 0.1) is 6.61 Å². The number of thioether (sulfide) groups is 1. The highest BCUT2D eigenvalue weighted by Crippen LogP contribution is 2.32. The van der Waals surface area contributed by atoms with E-state index in [2.05, 4.69) is 20.8 Å². The molecule has 2 aromatic rings. The minimum atomic E-state index is -0.595. The molecule has 10 heteroatoms. The minimum absolute atomic E-state index is 0.0695. The summed E-state index contributed by atoms with van der Waals surface area (Å²) in [5.41, 5.74) is 2.56. The minimum Gasteiger partial charge on any atom is -0.494 e. The van der Waals surface area contributed by atoms with Crippen molar-refractivity contribution < 1.29 is 23.8 Å². The number of anilines is 1. The van der Waals surface area contributed by atoms with Crippen LogP contribution in [0.3, 0.4) is 0 Å². The van der Waals surface area contributed by atoms with E-state index < -0.39 is 5.25 Å². The lowest BCUT2D eigenvalue weighted by atomic mass is 10.1. The van der Waals surface area contributed by atoms with Crippen molar-refractivity contribution in [3.8, 4) is 17.2 Å². The summed E-state index contributed by atoms with van der Waals surface area (Å²) < 4.78 is 16.3. The van der Waals surface area contributed by atoms with Crippen LogP contribution in [0.15, 0.2) is 52.7 Å². The standard InChI is InChI=1S/C25H28N4O5S/c1-3-12-32-19-9-7-18(8-10-19)26-24(31)22-14-23(30)27-25(35-22)29-28-16(2)4-5-17-6-11-20-21(13-17)34-15-33-20/h6-11,13,22H,3-5,12,14-15H2,1-2H3,(H,26,31)(H,27,29,30). The zero-order chi connectivity index (χ0) is 24.6. The highest BCUT2D eigenvalue weighted by Gasteiger charge is 2.30. The van der Waals surface area contributed by atoms with Crippen molar-refractivity contribution in [3.63, 3.8) is 0 Å². The lowest BCUT2D eigenvalue weighted by Crippen LogP contribution is -2.41. The van der Waals surface area contributed by atoms with E-state index in [0.717, 1.165) is 41.4 Å². The maximum Gasteiger partial charge on any atom is 0.238 e. The summed E-state index contributed by atoms with van der Waals surface area (Å²) in [6.45, 7) is 4.81. The molecule has 0 aliphatic carbocycles. The first-order chi connectivity index (χ1) is 17.0. The molecule has 1 fully saturated rings. The SMILES string of the molecule is CCCOc1ccc(NC(=O)C2CC(=O)N/C(=N/N=C(C)CCc3ccc4c(c3)OCO4)S2)cc1. The van der Waals surface area contributed by atoms with Gasteiger partial charge in [0, 0.05) is 17.8 Å². The number of nitrogens with zero attached hydrogens (tertiary/aromatic N) is 2. The number of amides is 2. The first kappa shape index (κ1) is 24.6. The lowest BCUT2D eigenvalue weighted by Gasteiger charge is -2.21. The molecule has 4 rings (SSSR count). The van der Waals surface area contributed by atoms with Crippen LogP contribution in [0.1, 0.15) is 38.7 Å². The van der Waals surface area contributed by atoms with E-state index in [9.17, 15) is 9.59 Å². The van der Waals surface area contributed by atoms with E-state index in [4.69, 9.17) is 14.2 Å². The van der Waals surface area contributed by atoms with Crippen LogP contribution in [-0.4, -0.2) is 41.3 Å². The van der Waals surface area contributed by atoms with Crippen LogP contribution in [0.2, 0.25) is 0 Å². The van der Waals surface area contributed by atoms with Crippen molar-refractivity contribution in [2.75, 3.05) is 18.7 Å². The highest BCUT2D eigenvalue weighted by molar-refractivity contribution is 8.15. The Morgan fingerprint density at radius 2 is 2.00 bits per heavy atom. The monoisotopic (exact) mass is 496 g/mol. The van der Waals surface area contributed by atoms with Gasteiger partial charge < -0.3 is 24.8 Å². The normalized spacial score (nSPS) is 18.3. The van der Waals surface area contributed by atoms with E-state index in [1.807, 2.05) is 32.0 Å². The maximum absolute atomic E-state index is 12.7. The molecule has 9 nitrogen and oxygen atoms in total. The fraction of sp³-hybridized carbons (Fsp3) is 0.360. The molecule has 2 heterocycles. The van der Waals surface area contributed by atoms with Crippen molar-refractivity contribution in [1.82, 2.24) is 5.32 Å². The number of hydrogen-bond acceptors (Lipinski definition) is 8. The fourth-order valence-electron chi connectivity index (χ4n) is 3.42. The molecule has 0 bridgehead atoms. The Kier molecular flexibility index (Phi) is 8.25. The van der Waals surface area contributed by atoms with E-state index in [1.54, 1.807) is 24.3 Å². The third-order valence-electron chi connectivity index (χ3n) is 5.28. The first-order valence-corrected chi connectivity index (χ1v) is 12.4. The summed E-state index contributed by atoms with van der Waals surface area (Å²) in [5.74, 6) is 1.73. The molecule has 35 heavy (non-hydrogen) atoms. The Morgan fingerprint density at radius 3 is 2.80 bits per heavy atom. The third-order valence-corrected chi connectivity index (χ3v) is 6.35. The van der Waals surface area contributed by atoms with E-state index >= 15 is 0 Å². The zero-order valence-corrected chi connectivity index (χ0v) is 20.5. The van der Waals surface area contributed by atoms with Gasteiger partial charge in [0.15, 0.2) is 16.7 Å². The number of amidine groups is 1. The van der Waals surface area contributed by atoms with Crippen LogP contribution in [0.5, 0.6) is 17.2 Å². The largest absolute Gasteiger partial charge is 0.494 e. The highest BCUT2D eigenvalue weighted by atomic mass is 32.2. The molecule has 2 N–H and O–H groups in total. The molecule has 0 radical (unpaired) electrons. The van der Waals surface area contributed by atoms with Gasteiger partial charge in [-0.05, 0) is 68.1 Å².